The Morgan fingerprint density at radius 1 is 1.00 bits per heavy atom. The smallest absolute Gasteiger partial charge is 0.129 e. The molecular formula is C15H14BrF3N2. The molecule has 0 radical (unpaired) electrons. The maximum Gasteiger partial charge on any atom is 0.129 e. The molecular weight excluding hydrogens is 345 g/mol. The van der Waals surface area contributed by atoms with E-state index in [0.717, 1.165) is 0 Å². The molecule has 21 heavy (non-hydrogen) atoms. The van der Waals surface area contributed by atoms with Gasteiger partial charge < -0.3 is 0 Å². The zero-order valence-electron chi connectivity index (χ0n) is 11.0. The second-order valence-electron chi connectivity index (χ2n) is 4.71. The first-order chi connectivity index (χ1) is 10.0. The van der Waals surface area contributed by atoms with Crippen molar-refractivity contribution in [2.45, 2.75) is 18.9 Å². The minimum absolute atomic E-state index is 0.0323. The lowest BCUT2D eigenvalue weighted by molar-refractivity contribution is 0.476. The van der Waals surface area contributed by atoms with Gasteiger partial charge in [0, 0.05) is 16.1 Å². The van der Waals surface area contributed by atoms with Gasteiger partial charge >= 0.3 is 0 Å². The van der Waals surface area contributed by atoms with Gasteiger partial charge in [-0.1, -0.05) is 28.1 Å². The van der Waals surface area contributed by atoms with Crippen molar-refractivity contribution in [1.82, 2.24) is 5.43 Å². The normalized spacial score (nSPS) is 12.4. The van der Waals surface area contributed by atoms with E-state index < -0.39 is 23.5 Å². The molecule has 0 saturated carbocycles. The molecule has 0 amide bonds. The Morgan fingerprint density at radius 2 is 1.67 bits per heavy atom. The maximum atomic E-state index is 13.8. The highest BCUT2D eigenvalue weighted by Gasteiger charge is 2.17. The van der Waals surface area contributed by atoms with Gasteiger partial charge in [-0.05, 0) is 42.7 Å². The van der Waals surface area contributed by atoms with Gasteiger partial charge in [0.05, 0.1) is 0 Å². The zero-order chi connectivity index (χ0) is 15.4. The van der Waals surface area contributed by atoms with E-state index in [4.69, 9.17) is 5.84 Å². The predicted octanol–water partition coefficient (Wildman–Crippen LogP) is 3.48. The Hall–Kier alpha value is -1.37. The molecule has 3 N–H and O–H groups in total. The first-order valence-corrected chi connectivity index (χ1v) is 7.13. The highest BCUT2D eigenvalue weighted by Crippen LogP contribution is 2.19. The van der Waals surface area contributed by atoms with Crippen LogP contribution in [0.1, 0.15) is 11.1 Å². The van der Waals surface area contributed by atoms with Crippen LogP contribution >= 0.6 is 15.9 Å². The zero-order valence-corrected chi connectivity index (χ0v) is 12.6. The monoisotopic (exact) mass is 358 g/mol. The summed E-state index contributed by atoms with van der Waals surface area (Å²) in [6.07, 6.45) is 0.258. The summed E-state index contributed by atoms with van der Waals surface area (Å²) in [4.78, 5) is 0. The molecule has 0 heterocycles. The van der Waals surface area contributed by atoms with Crippen LogP contribution in [0.4, 0.5) is 13.2 Å². The van der Waals surface area contributed by atoms with E-state index >= 15 is 0 Å². The van der Waals surface area contributed by atoms with Gasteiger partial charge in [-0.3, -0.25) is 11.3 Å². The molecule has 6 heteroatoms. The van der Waals surface area contributed by atoms with Crippen LogP contribution in [0.3, 0.4) is 0 Å². The van der Waals surface area contributed by atoms with Crippen molar-refractivity contribution in [1.29, 1.82) is 0 Å². The van der Waals surface area contributed by atoms with Gasteiger partial charge in [0.15, 0.2) is 0 Å². The summed E-state index contributed by atoms with van der Waals surface area (Å²) < 4.78 is 41.7. The number of benzene rings is 2. The molecule has 1 atom stereocenters. The molecule has 0 aliphatic rings. The van der Waals surface area contributed by atoms with Gasteiger partial charge in [0.1, 0.15) is 17.5 Å². The summed E-state index contributed by atoms with van der Waals surface area (Å²) in [5, 5.41) is 0. The maximum absolute atomic E-state index is 13.8. The summed E-state index contributed by atoms with van der Waals surface area (Å²) in [6.45, 7) is 0. The number of hydrazine groups is 1. The Bertz CT molecular complexity index is 614. The number of halogens is 4. The molecule has 0 spiro atoms. The summed E-state index contributed by atoms with van der Waals surface area (Å²) in [6, 6.07) is 7.85. The average molecular weight is 359 g/mol. The fourth-order valence-electron chi connectivity index (χ4n) is 2.12. The third-order valence-electron chi connectivity index (χ3n) is 3.23. The lowest BCUT2D eigenvalue weighted by atomic mass is 9.98. The van der Waals surface area contributed by atoms with Crippen LogP contribution in [0.15, 0.2) is 40.9 Å². The van der Waals surface area contributed by atoms with Gasteiger partial charge in [0.2, 0.25) is 0 Å². The minimum atomic E-state index is -0.633. The third-order valence-corrected chi connectivity index (χ3v) is 3.72. The predicted molar refractivity (Wildman–Crippen MR) is 79.0 cm³/mol. The van der Waals surface area contributed by atoms with E-state index in [9.17, 15) is 13.2 Å². The second kappa shape index (κ2) is 7.06. The largest absolute Gasteiger partial charge is 0.271 e. The van der Waals surface area contributed by atoms with Crippen molar-refractivity contribution in [2.24, 2.45) is 5.84 Å². The molecule has 0 bridgehead atoms. The highest BCUT2D eigenvalue weighted by atomic mass is 79.9. The molecule has 2 aromatic carbocycles. The SMILES string of the molecule is NNC(Cc1ccc(Br)cc1F)Cc1c(F)cccc1F. The number of nitrogens with two attached hydrogens (primary N) is 1. The van der Waals surface area contributed by atoms with Crippen molar-refractivity contribution in [3.63, 3.8) is 0 Å². The van der Waals surface area contributed by atoms with Crippen LogP contribution in [0.5, 0.6) is 0 Å². The van der Waals surface area contributed by atoms with Crippen molar-refractivity contribution in [3.8, 4) is 0 Å². The Balaban J connectivity index is 2.17. The van der Waals surface area contributed by atoms with Crippen molar-refractivity contribution in [2.75, 3.05) is 0 Å². The fraction of sp³-hybridized carbons (Fsp3) is 0.200. The van der Waals surface area contributed by atoms with Crippen molar-refractivity contribution >= 4 is 15.9 Å². The Labute approximate surface area is 129 Å². The first kappa shape index (κ1) is 16.0. The van der Waals surface area contributed by atoms with Gasteiger partial charge in [-0.25, -0.2) is 13.2 Å². The van der Waals surface area contributed by atoms with E-state index in [-0.39, 0.29) is 18.4 Å². The molecule has 2 aromatic rings. The molecule has 2 rings (SSSR count). The summed E-state index contributed by atoms with van der Waals surface area (Å²) in [7, 11) is 0. The van der Waals surface area contributed by atoms with E-state index in [0.29, 0.717) is 10.0 Å². The molecule has 0 aliphatic heterocycles. The topological polar surface area (TPSA) is 38.0 Å². The van der Waals surface area contributed by atoms with Crippen LogP contribution in [0.2, 0.25) is 0 Å². The van der Waals surface area contributed by atoms with Crippen LogP contribution in [-0.4, -0.2) is 6.04 Å². The second-order valence-corrected chi connectivity index (χ2v) is 5.62. The number of hydrogen-bond donors (Lipinski definition) is 2. The summed E-state index contributed by atoms with van der Waals surface area (Å²) in [5.74, 6) is 3.77. The molecule has 0 saturated heterocycles. The molecule has 2 nitrogen and oxygen atoms in total. The number of nitrogens with one attached hydrogen (secondary N) is 1. The third kappa shape index (κ3) is 4.06. The van der Waals surface area contributed by atoms with Crippen molar-refractivity contribution in [3.05, 3.63) is 69.4 Å². The lowest BCUT2D eigenvalue weighted by Gasteiger charge is -2.17. The fourth-order valence-corrected chi connectivity index (χ4v) is 2.45. The van der Waals surface area contributed by atoms with Crippen molar-refractivity contribution < 1.29 is 13.2 Å². The quantitative estimate of drug-likeness (QED) is 0.634. The molecule has 0 fully saturated rings. The van der Waals surface area contributed by atoms with E-state index in [2.05, 4.69) is 21.4 Å². The summed E-state index contributed by atoms with van der Waals surface area (Å²) in [5.41, 5.74) is 2.85. The average Bonchev–Trinajstić information content (AvgIpc) is 2.44. The molecule has 112 valence electrons. The Kier molecular flexibility index (Phi) is 5.39. The lowest BCUT2D eigenvalue weighted by Crippen LogP contribution is -2.39. The van der Waals surface area contributed by atoms with Gasteiger partial charge in [0.25, 0.3) is 0 Å². The van der Waals surface area contributed by atoms with Gasteiger partial charge in [-0.15, -0.1) is 0 Å². The number of hydrogen-bond acceptors (Lipinski definition) is 2. The molecule has 0 aromatic heterocycles. The van der Waals surface area contributed by atoms with Crippen LogP contribution in [0.25, 0.3) is 0 Å². The van der Waals surface area contributed by atoms with Crippen LogP contribution in [0, 0.1) is 17.5 Å². The molecule has 1 unspecified atom stereocenters. The minimum Gasteiger partial charge on any atom is -0.271 e. The van der Waals surface area contributed by atoms with E-state index in [1.807, 2.05) is 0 Å². The Morgan fingerprint density at radius 3 is 2.24 bits per heavy atom. The van der Waals surface area contributed by atoms with Gasteiger partial charge in [-0.2, -0.15) is 0 Å². The summed E-state index contributed by atoms with van der Waals surface area (Å²) >= 11 is 3.17. The van der Waals surface area contributed by atoms with Crippen LogP contribution < -0.4 is 11.3 Å². The van der Waals surface area contributed by atoms with E-state index in [1.54, 1.807) is 12.1 Å². The van der Waals surface area contributed by atoms with E-state index in [1.165, 1.54) is 24.3 Å². The first-order valence-electron chi connectivity index (χ1n) is 6.34. The number of rotatable bonds is 5. The highest BCUT2D eigenvalue weighted by molar-refractivity contribution is 9.10. The van der Waals surface area contributed by atoms with Crippen LogP contribution in [-0.2, 0) is 12.8 Å². The molecule has 0 aliphatic carbocycles. The standard InChI is InChI=1S/C15H14BrF3N2/c16-10-5-4-9(15(19)7-10)6-11(21-20)8-12-13(17)2-1-3-14(12)18/h1-5,7,11,21H,6,8,20H2.